The number of aliphatic carboxylic acids is 1. The predicted octanol–water partition coefficient (Wildman–Crippen LogP) is 0.134. The highest BCUT2D eigenvalue weighted by Gasteiger charge is 2.36. The van der Waals surface area contributed by atoms with Crippen LogP contribution in [0.3, 0.4) is 0 Å². The van der Waals surface area contributed by atoms with Crippen molar-refractivity contribution < 1.29 is 23.1 Å². The van der Waals surface area contributed by atoms with Crippen molar-refractivity contribution in [1.29, 1.82) is 0 Å². The molecule has 0 radical (unpaired) electrons. The molecule has 108 valence electrons. The number of rotatable bonds is 2. The van der Waals surface area contributed by atoms with Crippen molar-refractivity contribution in [3.05, 3.63) is 0 Å². The number of amides is 1. The molecule has 0 aromatic heterocycles. The summed E-state index contributed by atoms with van der Waals surface area (Å²) >= 11 is 0. The Morgan fingerprint density at radius 3 is 2.37 bits per heavy atom. The van der Waals surface area contributed by atoms with E-state index in [0.717, 1.165) is 0 Å². The van der Waals surface area contributed by atoms with E-state index in [4.69, 9.17) is 5.11 Å². The first kappa shape index (κ1) is 14.3. The van der Waals surface area contributed by atoms with Crippen LogP contribution in [0.4, 0.5) is 0 Å². The van der Waals surface area contributed by atoms with Crippen LogP contribution in [0.2, 0.25) is 0 Å². The molecule has 19 heavy (non-hydrogen) atoms. The van der Waals surface area contributed by atoms with E-state index < -0.39 is 21.7 Å². The summed E-state index contributed by atoms with van der Waals surface area (Å²) in [6.07, 6.45) is 2.00. The normalized spacial score (nSPS) is 30.8. The average molecular weight is 289 g/mol. The summed E-state index contributed by atoms with van der Waals surface area (Å²) < 4.78 is 23.0. The van der Waals surface area contributed by atoms with E-state index in [-0.39, 0.29) is 29.9 Å². The van der Waals surface area contributed by atoms with Gasteiger partial charge in [-0.15, -0.1) is 0 Å². The molecule has 1 aliphatic heterocycles. The third-order valence-electron chi connectivity index (χ3n) is 4.00. The van der Waals surface area contributed by atoms with Gasteiger partial charge < -0.3 is 10.0 Å². The molecule has 2 rings (SSSR count). The van der Waals surface area contributed by atoms with Crippen LogP contribution in [0.25, 0.3) is 0 Å². The summed E-state index contributed by atoms with van der Waals surface area (Å²) in [5.74, 6) is -1.42. The fourth-order valence-corrected chi connectivity index (χ4v) is 4.12. The monoisotopic (exact) mass is 289 g/mol. The molecule has 7 heteroatoms. The van der Waals surface area contributed by atoms with Crippen LogP contribution < -0.4 is 0 Å². The second kappa shape index (κ2) is 5.48. The summed E-state index contributed by atoms with van der Waals surface area (Å²) in [6, 6.07) is 0. The zero-order valence-electron chi connectivity index (χ0n) is 10.7. The molecule has 0 bridgehead atoms. The Kier molecular flexibility index (Phi) is 4.13. The molecule has 1 saturated carbocycles. The van der Waals surface area contributed by atoms with Crippen LogP contribution in [0.15, 0.2) is 0 Å². The lowest BCUT2D eigenvalue weighted by atomic mass is 10.0. The van der Waals surface area contributed by atoms with Gasteiger partial charge in [0.15, 0.2) is 9.84 Å². The lowest BCUT2D eigenvalue weighted by Crippen LogP contribution is -2.37. The molecule has 2 aliphatic rings. The largest absolute Gasteiger partial charge is 0.481 e. The van der Waals surface area contributed by atoms with Gasteiger partial charge >= 0.3 is 5.97 Å². The maximum atomic E-state index is 12.3. The predicted molar refractivity (Wildman–Crippen MR) is 68.3 cm³/mol. The van der Waals surface area contributed by atoms with Gasteiger partial charge in [0.25, 0.3) is 0 Å². The first-order valence-electron chi connectivity index (χ1n) is 6.61. The minimum absolute atomic E-state index is 0.0216. The third kappa shape index (κ3) is 3.46. The van der Waals surface area contributed by atoms with E-state index in [2.05, 4.69) is 0 Å². The van der Waals surface area contributed by atoms with Gasteiger partial charge in [0, 0.05) is 19.0 Å². The minimum atomic E-state index is -3.02. The van der Waals surface area contributed by atoms with Gasteiger partial charge in [0.05, 0.1) is 17.4 Å². The van der Waals surface area contributed by atoms with Gasteiger partial charge in [-0.25, -0.2) is 8.42 Å². The van der Waals surface area contributed by atoms with Crippen molar-refractivity contribution in [2.75, 3.05) is 24.6 Å². The molecule has 2 fully saturated rings. The van der Waals surface area contributed by atoms with Crippen LogP contribution in [0, 0.1) is 11.8 Å². The summed E-state index contributed by atoms with van der Waals surface area (Å²) in [4.78, 5) is 24.7. The summed E-state index contributed by atoms with van der Waals surface area (Å²) in [5.41, 5.74) is 0. The molecule has 0 spiro atoms. The molecule has 1 amide bonds. The number of nitrogens with zero attached hydrogens (tertiary/aromatic N) is 1. The van der Waals surface area contributed by atoms with E-state index in [9.17, 15) is 18.0 Å². The molecule has 1 saturated heterocycles. The van der Waals surface area contributed by atoms with Gasteiger partial charge in [-0.3, -0.25) is 9.59 Å². The summed E-state index contributed by atoms with van der Waals surface area (Å²) in [5, 5.41) is 8.93. The molecule has 2 atom stereocenters. The second-order valence-electron chi connectivity index (χ2n) is 5.38. The molecular formula is C12H19NO5S. The quantitative estimate of drug-likeness (QED) is 0.780. The van der Waals surface area contributed by atoms with Crippen LogP contribution in [-0.4, -0.2) is 54.9 Å². The Balaban J connectivity index is 1.95. The number of sulfone groups is 1. The number of hydrogen-bond acceptors (Lipinski definition) is 4. The van der Waals surface area contributed by atoms with E-state index >= 15 is 0 Å². The van der Waals surface area contributed by atoms with E-state index in [0.29, 0.717) is 32.2 Å². The standard InChI is InChI=1S/C12H19NO5S/c14-11(9-2-3-10(8-9)12(15)16)13-4-1-6-19(17,18)7-5-13/h9-10H,1-8H2,(H,15,16). The number of carbonyl (C=O) groups excluding carboxylic acids is 1. The first-order chi connectivity index (χ1) is 8.89. The Hall–Kier alpha value is -1.11. The lowest BCUT2D eigenvalue weighted by molar-refractivity contribution is -0.141. The molecule has 0 aromatic carbocycles. The van der Waals surface area contributed by atoms with Gasteiger partial charge in [-0.05, 0) is 25.7 Å². The van der Waals surface area contributed by atoms with E-state index in [1.165, 1.54) is 0 Å². The Labute approximate surface area is 112 Å². The second-order valence-corrected chi connectivity index (χ2v) is 7.68. The van der Waals surface area contributed by atoms with Gasteiger partial charge in [0.1, 0.15) is 0 Å². The van der Waals surface area contributed by atoms with Crippen LogP contribution in [0.1, 0.15) is 25.7 Å². The van der Waals surface area contributed by atoms with Crippen LogP contribution in [0.5, 0.6) is 0 Å². The Morgan fingerprint density at radius 2 is 1.74 bits per heavy atom. The topological polar surface area (TPSA) is 91.8 Å². The first-order valence-corrected chi connectivity index (χ1v) is 8.43. The van der Waals surface area contributed by atoms with Crippen LogP contribution >= 0.6 is 0 Å². The molecule has 1 aliphatic carbocycles. The van der Waals surface area contributed by atoms with Crippen molar-refractivity contribution in [2.45, 2.75) is 25.7 Å². The highest BCUT2D eigenvalue weighted by atomic mass is 32.2. The maximum Gasteiger partial charge on any atom is 0.306 e. The fourth-order valence-electron chi connectivity index (χ4n) is 2.85. The highest BCUT2D eigenvalue weighted by molar-refractivity contribution is 7.91. The van der Waals surface area contributed by atoms with Crippen LogP contribution in [-0.2, 0) is 19.4 Å². The van der Waals surface area contributed by atoms with Gasteiger partial charge in [-0.1, -0.05) is 0 Å². The summed E-state index contributed by atoms with van der Waals surface area (Å²) in [7, 11) is -3.02. The molecule has 6 nitrogen and oxygen atoms in total. The van der Waals surface area contributed by atoms with Crippen molar-refractivity contribution in [3.8, 4) is 0 Å². The molecule has 2 unspecified atom stereocenters. The van der Waals surface area contributed by atoms with Crippen molar-refractivity contribution in [3.63, 3.8) is 0 Å². The van der Waals surface area contributed by atoms with E-state index in [1.54, 1.807) is 4.90 Å². The molecular weight excluding hydrogens is 270 g/mol. The highest BCUT2D eigenvalue weighted by Crippen LogP contribution is 2.32. The molecule has 0 aromatic rings. The van der Waals surface area contributed by atoms with Gasteiger partial charge in [-0.2, -0.15) is 0 Å². The van der Waals surface area contributed by atoms with Crippen molar-refractivity contribution in [2.24, 2.45) is 11.8 Å². The smallest absolute Gasteiger partial charge is 0.306 e. The Bertz CT molecular complexity index is 473. The molecule has 1 N–H and O–H groups in total. The Morgan fingerprint density at radius 1 is 1.05 bits per heavy atom. The van der Waals surface area contributed by atoms with Crippen molar-refractivity contribution in [1.82, 2.24) is 4.90 Å². The van der Waals surface area contributed by atoms with Crippen molar-refractivity contribution >= 4 is 21.7 Å². The van der Waals surface area contributed by atoms with E-state index in [1.807, 2.05) is 0 Å². The fraction of sp³-hybridized carbons (Fsp3) is 0.833. The number of carbonyl (C=O) groups is 2. The lowest BCUT2D eigenvalue weighted by Gasteiger charge is -2.23. The maximum absolute atomic E-state index is 12.3. The third-order valence-corrected chi connectivity index (χ3v) is 5.71. The van der Waals surface area contributed by atoms with Gasteiger partial charge in [0.2, 0.25) is 5.91 Å². The number of carboxylic acids is 1. The number of carboxylic acid groups (broad SMARTS) is 1. The zero-order valence-corrected chi connectivity index (χ0v) is 11.6. The number of hydrogen-bond donors (Lipinski definition) is 1. The molecule has 1 heterocycles. The summed E-state index contributed by atoms with van der Waals surface area (Å²) in [6.45, 7) is 0.710. The SMILES string of the molecule is O=C(O)C1CCC(C(=O)N2CCCS(=O)(=O)CC2)C1. The minimum Gasteiger partial charge on any atom is -0.481 e. The average Bonchev–Trinajstić information content (AvgIpc) is 2.75. The zero-order chi connectivity index (χ0) is 14.0.